The monoisotopic (exact) mass is 314 g/mol. The minimum absolute atomic E-state index is 0.181. The predicted molar refractivity (Wildman–Crippen MR) is 92.9 cm³/mol. The van der Waals surface area contributed by atoms with Crippen LogP contribution in [0.3, 0.4) is 0 Å². The largest absolute Gasteiger partial charge is 0.291 e. The molecule has 1 aliphatic rings. The first-order valence-electron chi connectivity index (χ1n) is 7.91. The van der Waals surface area contributed by atoms with E-state index >= 15 is 0 Å². The summed E-state index contributed by atoms with van der Waals surface area (Å²) in [6, 6.07) is 9.84. The van der Waals surface area contributed by atoms with E-state index in [2.05, 4.69) is 0 Å². The summed E-state index contributed by atoms with van der Waals surface area (Å²) in [6.07, 6.45) is 3.67. The molecule has 1 N–H and O–H groups in total. The van der Waals surface area contributed by atoms with E-state index in [0.29, 0.717) is 5.57 Å². The number of benzene rings is 1. The number of hydrogen-bond donors (Lipinski definition) is 1. The molecule has 1 aliphatic carbocycles. The van der Waals surface area contributed by atoms with E-state index in [9.17, 15) is 10.1 Å². The Balaban J connectivity index is 2.74. The number of Topliss-reactive ketones (excluding diaryl/α,β-unsaturated/α-hetero) is 1. The summed E-state index contributed by atoms with van der Waals surface area (Å²) in [5, 5.41) is 9.70. The van der Waals surface area contributed by atoms with Crippen molar-refractivity contribution in [3.63, 3.8) is 0 Å². The fraction of sp³-hybridized carbons (Fsp3) is 0.450. The molecule has 0 aliphatic heterocycles. The van der Waals surface area contributed by atoms with Crippen LogP contribution >= 0.6 is 0 Å². The van der Waals surface area contributed by atoms with Gasteiger partial charge in [0.15, 0.2) is 11.4 Å². The van der Waals surface area contributed by atoms with Gasteiger partial charge in [-0.05, 0) is 28.7 Å². The number of ketones is 1. The molecular weight excluding hydrogens is 288 g/mol. The number of allylic oxidation sites excluding steroid dienone is 2. The molecule has 0 saturated carbocycles. The second kappa shape index (κ2) is 5.73. The molecule has 124 valence electrons. The molecule has 1 aromatic carbocycles. The number of carbonyl (C=O) groups is 1. The smallest absolute Gasteiger partial charge is 0.199 e. The van der Waals surface area contributed by atoms with E-state index < -0.39 is 11.0 Å². The van der Waals surface area contributed by atoms with Gasteiger partial charge in [-0.2, -0.15) is 0 Å². The zero-order valence-electron chi connectivity index (χ0n) is 14.8. The lowest BCUT2D eigenvalue weighted by molar-refractivity contribution is -0.318. The highest BCUT2D eigenvalue weighted by molar-refractivity contribution is 6.10. The van der Waals surface area contributed by atoms with Gasteiger partial charge in [-0.1, -0.05) is 71.9 Å². The lowest BCUT2D eigenvalue weighted by atomic mass is 9.64. The maximum atomic E-state index is 13.2. The zero-order valence-corrected chi connectivity index (χ0v) is 14.8. The molecule has 0 bridgehead atoms. The van der Waals surface area contributed by atoms with Gasteiger partial charge in [0, 0.05) is 11.0 Å². The van der Waals surface area contributed by atoms with Crippen molar-refractivity contribution in [1.82, 2.24) is 0 Å². The maximum absolute atomic E-state index is 13.2. The lowest BCUT2D eigenvalue weighted by Gasteiger charge is -2.43. The number of carbonyl (C=O) groups excluding carboxylic acids is 1. The minimum Gasteiger partial charge on any atom is -0.291 e. The molecule has 1 aromatic rings. The van der Waals surface area contributed by atoms with Crippen LogP contribution in [0.5, 0.6) is 0 Å². The third kappa shape index (κ3) is 3.04. The number of rotatable bonds is 2. The Labute approximate surface area is 138 Å². The summed E-state index contributed by atoms with van der Waals surface area (Å²) in [7, 11) is 0. The third-order valence-electron chi connectivity index (χ3n) is 4.41. The Morgan fingerprint density at radius 1 is 1.00 bits per heavy atom. The molecule has 0 radical (unpaired) electrons. The lowest BCUT2D eigenvalue weighted by Crippen LogP contribution is -2.53. The molecule has 23 heavy (non-hydrogen) atoms. The normalized spacial score (nSPS) is 22.7. The highest BCUT2D eigenvalue weighted by atomic mass is 17.1. The average Bonchev–Trinajstić information content (AvgIpc) is 2.46. The van der Waals surface area contributed by atoms with Gasteiger partial charge in [0.25, 0.3) is 0 Å². The van der Waals surface area contributed by atoms with Gasteiger partial charge in [-0.3, -0.25) is 10.1 Å². The molecule has 0 amide bonds. The first-order chi connectivity index (χ1) is 10.5. The van der Waals surface area contributed by atoms with Gasteiger partial charge in [0.2, 0.25) is 0 Å². The van der Waals surface area contributed by atoms with Crippen LogP contribution in [0, 0.1) is 10.8 Å². The van der Waals surface area contributed by atoms with Crippen LogP contribution in [0.2, 0.25) is 0 Å². The van der Waals surface area contributed by atoms with Crippen molar-refractivity contribution in [2.24, 2.45) is 10.8 Å². The van der Waals surface area contributed by atoms with Crippen LogP contribution < -0.4 is 0 Å². The molecular formula is C20H26O3. The van der Waals surface area contributed by atoms with Crippen LogP contribution in [0.15, 0.2) is 48.1 Å². The van der Waals surface area contributed by atoms with E-state index in [-0.39, 0.29) is 11.2 Å². The quantitative estimate of drug-likeness (QED) is 0.624. The van der Waals surface area contributed by atoms with Crippen LogP contribution in [0.25, 0.3) is 5.57 Å². The van der Waals surface area contributed by atoms with Gasteiger partial charge in [0.05, 0.1) is 0 Å². The summed E-state index contributed by atoms with van der Waals surface area (Å²) in [6.45, 7) is 11.7. The van der Waals surface area contributed by atoms with Gasteiger partial charge >= 0.3 is 0 Å². The van der Waals surface area contributed by atoms with Gasteiger partial charge in [-0.25, -0.2) is 4.89 Å². The van der Waals surface area contributed by atoms with Gasteiger partial charge < -0.3 is 0 Å². The Kier molecular flexibility index (Phi) is 4.40. The van der Waals surface area contributed by atoms with Crippen molar-refractivity contribution in [1.29, 1.82) is 0 Å². The summed E-state index contributed by atoms with van der Waals surface area (Å²) >= 11 is 0. The Morgan fingerprint density at radius 3 is 2.00 bits per heavy atom. The molecule has 1 unspecified atom stereocenters. The first kappa shape index (κ1) is 17.6. The molecule has 2 rings (SSSR count). The summed E-state index contributed by atoms with van der Waals surface area (Å²) in [4.78, 5) is 18.0. The molecule has 0 fully saturated rings. The number of hydrogen-bond acceptors (Lipinski definition) is 3. The zero-order chi connectivity index (χ0) is 17.5. The van der Waals surface area contributed by atoms with Crippen molar-refractivity contribution in [2.75, 3.05) is 0 Å². The molecule has 3 nitrogen and oxygen atoms in total. The maximum Gasteiger partial charge on any atom is 0.199 e. The molecule has 0 aromatic heterocycles. The molecule has 0 heterocycles. The molecule has 1 atom stereocenters. The second-order valence-electron chi connectivity index (χ2n) is 8.18. The fourth-order valence-corrected chi connectivity index (χ4v) is 2.86. The van der Waals surface area contributed by atoms with E-state index in [1.54, 1.807) is 6.08 Å². The highest BCUT2D eigenvalue weighted by Gasteiger charge is 2.53. The van der Waals surface area contributed by atoms with Crippen LogP contribution in [-0.4, -0.2) is 16.6 Å². The average molecular weight is 314 g/mol. The highest BCUT2D eigenvalue weighted by Crippen LogP contribution is 2.46. The van der Waals surface area contributed by atoms with Crippen LogP contribution in [0.4, 0.5) is 0 Å². The van der Waals surface area contributed by atoms with Crippen molar-refractivity contribution in [2.45, 2.75) is 47.1 Å². The topological polar surface area (TPSA) is 46.5 Å². The summed E-state index contributed by atoms with van der Waals surface area (Å²) in [5.74, 6) is -0.181. The summed E-state index contributed by atoms with van der Waals surface area (Å²) < 4.78 is 0. The summed E-state index contributed by atoms with van der Waals surface area (Å²) in [5.41, 5.74) is 0.203. The molecule has 0 spiro atoms. The SMILES string of the molecule is CC(C)(C)C1=CC(c2ccccc2)=CC(OO)(C(C)(C)C)C1=O. The second-order valence-corrected chi connectivity index (χ2v) is 8.18. The Hall–Kier alpha value is -1.71. The van der Waals surface area contributed by atoms with Gasteiger partial charge in [-0.15, -0.1) is 0 Å². The molecule has 3 heteroatoms. The first-order valence-corrected chi connectivity index (χ1v) is 7.91. The predicted octanol–water partition coefficient (Wildman–Crippen LogP) is 4.90. The van der Waals surface area contributed by atoms with Crippen LogP contribution in [0.1, 0.15) is 47.1 Å². The Bertz CT molecular complexity index is 654. The van der Waals surface area contributed by atoms with E-state index in [0.717, 1.165) is 11.1 Å². The standard InChI is InChI=1S/C20H26O3/c1-18(2,3)16-12-15(14-10-8-7-9-11-14)13-20(23-22,17(16)21)19(4,5)6/h7-13,22H,1-6H3. The van der Waals surface area contributed by atoms with Crippen molar-refractivity contribution in [3.05, 3.63) is 53.6 Å². The van der Waals surface area contributed by atoms with E-state index in [1.165, 1.54) is 0 Å². The van der Waals surface area contributed by atoms with Crippen molar-refractivity contribution >= 4 is 11.4 Å². The van der Waals surface area contributed by atoms with E-state index in [1.807, 2.05) is 78.0 Å². The van der Waals surface area contributed by atoms with Crippen molar-refractivity contribution < 1.29 is 14.9 Å². The van der Waals surface area contributed by atoms with Gasteiger partial charge in [0.1, 0.15) is 0 Å². The fourth-order valence-electron chi connectivity index (χ4n) is 2.86. The van der Waals surface area contributed by atoms with Crippen molar-refractivity contribution in [3.8, 4) is 0 Å². The van der Waals surface area contributed by atoms with Crippen LogP contribution in [-0.2, 0) is 9.68 Å². The van der Waals surface area contributed by atoms with E-state index in [4.69, 9.17) is 4.89 Å². The molecule has 0 saturated heterocycles. The Morgan fingerprint density at radius 2 is 1.57 bits per heavy atom. The minimum atomic E-state index is -1.39. The third-order valence-corrected chi connectivity index (χ3v) is 4.41.